The first-order valence-electron chi connectivity index (χ1n) is 9.44. The molecule has 3 atom stereocenters. The van der Waals surface area contributed by atoms with Crippen LogP contribution in [0.1, 0.15) is 54.4 Å². The minimum absolute atomic E-state index is 0. The van der Waals surface area contributed by atoms with Gasteiger partial charge in [-0.25, -0.2) is 0 Å². The molecule has 2 aromatic rings. The highest BCUT2D eigenvalue weighted by molar-refractivity contribution is 7.08. The minimum atomic E-state index is -0.827. The average molecular weight is 457 g/mol. The number of quaternary nitrogens is 1. The lowest BCUT2D eigenvalue weighted by Crippen LogP contribution is -3.00. The average Bonchev–Trinajstić information content (AvgIpc) is 3.18. The third-order valence-corrected chi connectivity index (χ3v) is 8.84. The van der Waals surface area contributed by atoms with Crippen LogP contribution in [0.2, 0.25) is 0 Å². The summed E-state index contributed by atoms with van der Waals surface area (Å²) in [4.78, 5) is 0. The molecule has 4 heterocycles. The molecule has 2 aliphatic heterocycles. The Kier molecular flexibility index (Phi) is 5.78. The Balaban J connectivity index is 0.00000196. The molecule has 0 radical (unpaired) electrons. The second-order valence-corrected chi connectivity index (χ2v) is 10.3. The Morgan fingerprint density at radius 3 is 1.81 bits per heavy atom. The van der Waals surface area contributed by atoms with E-state index in [-0.39, 0.29) is 17.0 Å². The van der Waals surface area contributed by atoms with Gasteiger partial charge in [0.2, 0.25) is 0 Å². The van der Waals surface area contributed by atoms with Crippen LogP contribution in [0.3, 0.4) is 0 Å². The van der Waals surface area contributed by atoms with E-state index in [4.69, 9.17) is 0 Å². The number of aryl methyl sites for hydroxylation is 2. The fourth-order valence-electron chi connectivity index (χ4n) is 5.51. The van der Waals surface area contributed by atoms with Crippen molar-refractivity contribution >= 4 is 22.7 Å². The fourth-order valence-corrected chi connectivity index (χ4v) is 7.34. The van der Waals surface area contributed by atoms with E-state index in [9.17, 15) is 5.11 Å². The molecule has 0 spiro atoms. The maximum atomic E-state index is 12.0. The molecule has 0 aliphatic carbocycles. The second-order valence-electron chi connectivity index (χ2n) is 8.85. The molecular formula is C21H30BrNOS2. The van der Waals surface area contributed by atoms with Gasteiger partial charge in [0.1, 0.15) is 5.60 Å². The zero-order valence-corrected chi connectivity index (χ0v) is 19.4. The van der Waals surface area contributed by atoms with E-state index in [0.29, 0.717) is 5.92 Å². The van der Waals surface area contributed by atoms with Crippen LogP contribution in [-0.2, 0) is 5.60 Å². The van der Waals surface area contributed by atoms with E-state index in [1.54, 1.807) is 22.7 Å². The minimum Gasteiger partial charge on any atom is -1.00 e. The fraction of sp³-hybridized carbons (Fsp3) is 0.619. The maximum absolute atomic E-state index is 12.0. The highest BCUT2D eigenvalue weighted by atomic mass is 79.9. The number of hydrogen-bond donors (Lipinski definition) is 1. The quantitative estimate of drug-likeness (QED) is 0.699. The Labute approximate surface area is 176 Å². The molecule has 2 fully saturated rings. The summed E-state index contributed by atoms with van der Waals surface area (Å²) in [5.41, 5.74) is 3.89. The standard InChI is InChI=1S/C21H30NOS2.BrH/c1-14-10-24-12-19(14)21(23,20-13-25-11-15(20)2)9-16-7-17-5-6-18(8-16)22(17,3)4;/h10-13,16-18,23H,5-9H2,1-4H3;1H/q+1;/p-1/t16?,17-,18+;. The molecule has 0 amide bonds. The number of fused-ring (bicyclic) bond motifs is 2. The van der Waals surface area contributed by atoms with Gasteiger partial charge in [-0.1, -0.05) is 0 Å². The van der Waals surface area contributed by atoms with Crippen molar-refractivity contribution in [2.75, 3.05) is 14.1 Å². The van der Waals surface area contributed by atoms with E-state index in [0.717, 1.165) is 29.6 Å². The molecule has 0 aromatic carbocycles. The smallest absolute Gasteiger partial charge is 0.117 e. The molecule has 2 nitrogen and oxygen atoms in total. The summed E-state index contributed by atoms with van der Waals surface area (Å²) < 4.78 is 1.20. The molecule has 2 bridgehead atoms. The summed E-state index contributed by atoms with van der Waals surface area (Å²) in [5.74, 6) is 0.618. The molecule has 0 saturated carbocycles. The lowest BCUT2D eigenvalue weighted by Gasteiger charge is -2.46. The van der Waals surface area contributed by atoms with Crippen molar-refractivity contribution in [2.24, 2.45) is 5.92 Å². The summed E-state index contributed by atoms with van der Waals surface area (Å²) in [6.07, 6.45) is 6.12. The van der Waals surface area contributed by atoms with Gasteiger partial charge >= 0.3 is 0 Å². The number of thiophene rings is 2. The predicted molar refractivity (Wildman–Crippen MR) is 107 cm³/mol. The van der Waals surface area contributed by atoms with Crippen LogP contribution in [0, 0.1) is 19.8 Å². The molecule has 2 saturated heterocycles. The molecule has 144 valence electrons. The predicted octanol–water partition coefficient (Wildman–Crippen LogP) is 2.07. The van der Waals surface area contributed by atoms with Gasteiger partial charge in [0.05, 0.1) is 26.2 Å². The number of piperidine rings is 1. The molecule has 4 rings (SSSR count). The van der Waals surface area contributed by atoms with Crippen molar-refractivity contribution in [1.82, 2.24) is 0 Å². The number of nitrogens with zero attached hydrogens (tertiary/aromatic N) is 1. The number of hydrogen-bond acceptors (Lipinski definition) is 3. The van der Waals surface area contributed by atoms with Crippen molar-refractivity contribution in [1.29, 1.82) is 0 Å². The van der Waals surface area contributed by atoms with E-state index >= 15 is 0 Å². The maximum Gasteiger partial charge on any atom is 0.117 e. The lowest BCUT2D eigenvalue weighted by atomic mass is 9.74. The van der Waals surface area contributed by atoms with Crippen LogP contribution in [-0.4, -0.2) is 35.8 Å². The number of aliphatic hydroxyl groups is 1. The lowest BCUT2D eigenvalue weighted by molar-refractivity contribution is -0.931. The molecule has 2 aliphatic rings. The van der Waals surface area contributed by atoms with Crippen molar-refractivity contribution < 1.29 is 26.6 Å². The first-order valence-corrected chi connectivity index (χ1v) is 11.3. The Morgan fingerprint density at radius 1 is 0.962 bits per heavy atom. The van der Waals surface area contributed by atoms with Gasteiger partial charge in [0, 0.05) is 36.8 Å². The van der Waals surface area contributed by atoms with Gasteiger partial charge < -0.3 is 26.6 Å². The highest BCUT2D eigenvalue weighted by Gasteiger charge is 2.50. The molecule has 2 aromatic heterocycles. The van der Waals surface area contributed by atoms with Gasteiger partial charge in [0.15, 0.2) is 0 Å². The van der Waals surface area contributed by atoms with Gasteiger partial charge in [-0.05, 0) is 58.8 Å². The van der Waals surface area contributed by atoms with Gasteiger partial charge in [-0.2, -0.15) is 22.7 Å². The van der Waals surface area contributed by atoms with Crippen molar-refractivity contribution in [2.45, 2.75) is 63.6 Å². The van der Waals surface area contributed by atoms with Gasteiger partial charge in [-0.15, -0.1) is 0 Å². The summed E-state index contributed by atoms with van der Waals surface area (Å²) in [6.45, 7) is 4.28. The summed E-state index contributed by atoms with van der Waals surface area (Å²) in [7, 11) is 4.83. The van der Waals surface area contributed by atoms with Crippen LogP contribution in [0.15, 0.2) is 21.5 Å². The highest BCUT2D eigenvalue weighted by Crippen LogP contribution is 2.48. The monoisotopic (exact) mass is 455 g/mol. The summed E-state index contributed by atoms with van der Waals surface area (Å²) in [5, 5.41) is 20.7. The Hall–Kier alpha value is -0.200. The van der Waals surface area contributed by atoms with Gasteiger partial charge in [0.25, 0.3) is 0 Å². The van der Waals surface area contributed by atoms with E-state index in [1.165, 1.54) is 41.3 Å². The van der Waals surface area contributed by atoms with Crippen LogP contribution in [0.5, 0.6) is 0 Å². The zero-order valence-electron chi connectivity index (χ0n) is 16.2. The first-order chi connectivity index (χ1) is 11.8. The topological polar surface area (TPSA) is 20.2 Å². The zero-order chi connectivity index (χ0) is 17.8. The molecule has 5 heteroatoms. The Morgan fingerprint density at radius 2 is 1.42 bits per heavy atom. The van der Waals surface area contributed by atoms with Crippen LogP contribution in [0.4, 0.5) is 0 Å². The normalized spacial score (nSPS) is 27.3. The van der Waals surface area contributed by atoms with Gasteiger partial charge in [-0.3, -0.25) is 0 Å². The van der Waals surface area contributed by atoms with Crippen LogP contribution in [0.25, 0.3) is 0 Å². The SMILES string of the molecule is Cc1cscc1C(O)(CC1C[C@H]2CC[C@@H](C1)[N+]2(C)C)c1cscc1C.[Br-]. The first kappa shape index (κ1) is 20.5. The Bertz CT molecular complexity index is 709. The molecular weight excluding hydrogens is 426 g/mol. The summed E-state index contributed by atoms with van der Waals surface area (Å²) >= 11 is 3.42. The van der Waals surface area contributed by atoms with E-state index in [2.05, 4.69) is 49.5 Å². The largest absolute Gasteiger partial charge is 1.00 e. The third kappa shape index (κ3) is 3.24. The second kappa shape index (κ2) is 7.32. The van der Waals surface area contributed by atoms with E-state index in [1.807, 2.05) is 0 Å². The third-order valence-electron chi connectivity index (χ3n) is 7.11. The van der Waals surface area contributed by atoms with E-state index < -0.39 is 5.60 Å². The van der Waals surface area contributed by atoms with Crippen molar-refractivity contribution in [3.05, 3.63) is 43.8 Å². The molecule has 26 heavy (non-hydrogen) atoms. The van der Waals surface area contributed by atoms with Crippen LogP contribution >= 0.6 is 22.7 Å². The molecule has 1 N–H and O–H groups in total. The summed E-state index contributed by atoms with van der Waals surface area (Å²) in [6, 6.07) is 1.56. The molecule has 1 unspecified atom stereocenters. The van der Waals surface area contributed by atoms with Crippen LogP contribution < -0.4 is 17.0 Å². The number of rotatable bonds is 4. The van der Waals surface area contributed by atoms with Crippen molar-refractivity contribution in [3.63, 3.8) is 0 Å². The number of halogens is 1. The van der Waals surface area contributed by atoms with Crippen molar-refractivity contribution in [3.8, 4) is 0 Å².